The summed E-state index contributed by atoms with van der Waals surface area (Å²) in [7, 11) is 1.74. The van der Waals surface area contributed by atoms with Crippen LogP contribution in [0.3, 0.4) is 0 Å². The summed E-state index contributed by atoms with van der Waals surface area (Å²) >= 11 is 0. The Labute approximate surface area is 160 Å². The van der Waals surface area contributed by atoms with Crippen molar-refractivity contribution in [1.82, 2.24) is 14.8 Å². The van der Waals surface area contributed by atoms with Crippen molar-refractivity contribution in [2.45, 2.75) is 12.8 Å². The van der Waals surface area contributed by atoms with Crippen LogP contribution < -0.4 is 0 Å². The highest BCUT2D eigenvalue weighted by atomic mass is 16.5. The topological polar surface area (TPSA) is 57.8 Å². The Balaban J connectivity index is 1.49. The molecule has 1 N–H and O–H groups in total. The van der Waals surface area contributed by atoms with Crippen molar-refractivity contribution in [3.05, 3.63) is 36.0 Å². The van der Waals surface area contributed by atoms with Crippen LogP contribution in [-0.4, -0.2) is 80.3 Å². The Morgan fingerprint density at radius 1 is 1.30 bits per heavy atom. The van der Waals surface area contributed by atoms with Crippen LogP contribution in [-0.2, 0) is 9.47 Å². The fraction of sp³-hybridized carbons (Fsp3) is 0.571. The molecule has 1 spiro atoms. The number of amides is 1. The summed E-state index contributed by atoms with van der Waals surface area (Å²) in [6, 6.07) is 7.94. The minimum atomic E-state index is 0.0225. The average molecular weight is 371 g/mol. The molecule has 1 amide bonds. The number of hydrogen-bond acceptors (Lipinski definition) is 4. The summed E-state index contributed by atoms with van der Waals surface area (Å²) in [6.45, 7) is 6.62. The number of methoxy groups -OCH3 is 1. The maximum Gasteiger partial charge on any atom is 0.253 e. The zero-order valence-electron chi connectivity index (χ0n) is 16.1. The molecule has 27 heavy (non-hydrogen) atoms. The molecule has 0 unspecified atom stereocenters. The lowest BCUT2D eigenvalue weighted by Crippen LogP contribution is -2.52. The van der Waals surface area contributed by atoms with Crippen LogP contribution in [0.1, 0.15) is 23.2 Å². The monoisotopic (exact) mass is 371 g/mol. The molecule has 2 fully saturated rings. The van der Waals surface area contributed by atoms with Crippen LogP contribution in [0.25, 0.3) is 10.9 Å². The van der Waals surface area contributed by atoms with Gasteiger partial charge in [-0.1, -0.05) is 6.07 Å². The summed E-state index contributed by atoms with van der Waals surface area (Å²) in [6.07, 6.45) is 4.04. The standard InChI is InChI=1S/C21H29N3O3/c1-26-11-9-23-10-12-27-16-21(14-23)6-2-8-24(15-21)20(25)18-4-3-17-5-7-22-19(17)13-18/h3-5,7,13,22H,2,6,8-12,14-16H2,1H3/t21-/m1/s1. The number of H-pyrrole nitrogens is 1. The quantitative estimate of drug-likeness (QED) is 0.897. The minimum Gasteiger partial charge on any atom is -0.383 e. The number of nitrogens with one attached hydrogen (secondary N) is 1. The Hall–Kier alpha value is -1.89. The molecule has 6 nitrogen and oxygen atoms in total. The van der Waals surface area contributed by atoms with E-state index >= 15 is 0 Å². The Kier molecular flexibility index (Phi) is 5.48. The molecule has 1 atom stereocenters. The van der Waals surface area contributed by atoms with Gasteiger partial charge in [0, 0.05) is 62.5 Å². The van der Waals surface area contributed by atoms with Gasteiger partial charge in [0.15, 0.2) is 0 Å². The molecule has 6 heteroatoms. The van der Waals surface area contributed by atoms with Gasteiger partial charge in [-0.15, -0.1) is 0 Å². The van der Waals surface area contributed by atoms with Crippen LogP contribution >= 0.6 is 0 Å². The van der Waals surface area contributed by atoms with Gasteiger partial charge in [0.05, 0.1) is 19.8 Å². The van der Waals surface area contributed by atoms with Gasteiger partial charge in [-0.25, -0.2) is 0 Å². The summed E-state index contributed by atoms with van der Waals surface area (Å²) in [5.41, 5.74) is 1.79. The van der Waals surface area contributed by atoms with Crippen LogP contribution in [0.4, 0.5) is 0 Å². The summed E-state index contributed by atoms with van der Waals surface area (Å²) in [5.74, 6) is 0.123. The van der Waals surface area contributed by atoms with Crippen LogP contribution in [0.2, 0.25) is 0 Å². The van der Waals surface area contributed by atoms with E-state index in [1.807, 2.05) is 35.4 Å². The number of likely N-dealkylation sites (tertiary alicyclic amines) is 1. The predicted octanol–water partition coefficient (Wildman–Crippen LogP) is 2.37. The molecule has 0 saturated carbocycles. The van der Waals surface area contributed by atoms with Gasteiger partial charge in [-0.05, 0) is 36.4 Å². The number of carbonyl (C=O) groups is 1. The minimum absolute atomic E-state index is 0.0225. The lowest BCUT2D eigenvalue weighted by Gasteiger charge is -2.43. The molecule has 0 aliphatic carbocycles. The van der Waals surface area contributed by atoms with Gasteiger partial charge in [-0.2, -0.15) is 0 Å². The molecule has 0 bridgehead atoms. The SMILES string of the molecule is COCCN1CCOC[C@]2(CCCN(C(=O)c3ccc4cc[nH]c4c3)C2)C1. The van der Waals surface area contributed by atoms with Crippen LogP contribution in [0.5, 0.6) is 0 Å². The third-order valence-electron chi connectivity index (χ3n) is 5.88. The lowest BCUT2D eigenvalue weighted by molar-refractivity contribution is 0.00621. The van der Waals surface area contributed by atoms with Gasteiger partial charge >= 0.3 is 0 Å². The Morgan fingerprint density at radius 2 is 2.22 bits per heavy atom. The van der Waals surface area contributed by atoms with E-state index in [2.05, 4.69) is 9.88 Å². The maximum absolute atomic E-state index is 13.2. The largest absolute Gasteiger partial charge is 0.383 e. The molecule has 146 valence electrons. The predicted molar refractivity (Wildman–Crippen MR) is 105 cm³/mol. The van der Waals surface area contributed by atoms with Gasteiger partial charge in [0.25, 0.3) is 5.91 Å². The molecule has 2 saturated heterocycles. The number of hydrogen-bond donors (Lipinski definition) is 1. The number of fused-ring (bicyclic) bond motifs is 1. The molecular weight excluding hydrogens is 342 g/mol. The van der Waals surface area contributed by atoms with Crippen molar-refractivity contribution in [3.8, 4) is 0 Å². The summed E-state index contributed by atoms with van der Waals surface area (Å²) in [4.78, 5) is 20.8. The second-order valence-corrected chi connectivity index (χ2v) is 7.93. The Morgan fingerprint density at radius 3 is 3.11 bits per heavy atom. The van der Waals surface area contributed by atoms with Crippen molar-refractivity contribution >= 4 is 16.8 Å². The second kappa shape index (κ2) is 8.00. The molecule has 0 radical (unpaired) electrons. The molecule has 4 rings (SSSR count). The molecular formula is C21H29N3O3. The van der Waals surface area contributed by atoms with E-state index < -0.39 is 0 Å². The fourth-order valence-electron chi connectivity index (χ4n) is 4.48. The van der Waals surface area contributed by atoms with E-state index in [1.54, 1.807) is 7.11 Å². The van der Waals surface area contributed by atoms with Gasteiger partial charge in [-0.3, -0.25) is 9.69 Å². The molecule has 3 heterocycles. The van der Waals surface area contributed by atoms with Gasteiger partial charge in [0.1, 0.15) is 0 Å². The zero-order valence-corrected chi connectivity index (χ0v) is 16.1. The second-order valence-electron chi connectivity index (χ2n) is 7.93. The van der Waals surface area contributed by atoms with E-state index in [4.69, 9.17) is 9.47 Å². The normalized spacial score (nSPS) is 24.4. The number of carbonyl (C=O) groups excluding carboxylic acids is 1. The number of nitrogens with zero attached hydrogens (tertiary/aromatic N) is 2. The highest BCUT2D eigenvalue weighted by Gasteiger charge is 2.40. The van der Waals surface area contributed by atoms with Crippen molar-refractivity contribution in [1.29, 1.82) is 0 Å². The van der Waals surface area contributed by atoms with E-state index in [0.29, 0.717) is 0 Å². The smallest absolute Gasteiger partial charge is 0.253 e. The molecule has 2 aromatic rings. The van der Waals surface area contributed by atoms with E-state index in [9.17, 15) is 4.79 Å². The number of rotatable bonds is 4. The highest BCUT2D eigenvalue weighted by Crippen LogP contribution is 2.33. The first kappa shape index (κ1) is 18.5. The van der Waals surface area contributed by atoms with Gasteiger partial charge in [0.2, 0.25) is 0 Å². The average Bonchev–Trinajstić information content (AvgIpc) is 3.08. The fourth-order valence-corrected chi connectivity index (χ4v) is 4.48. The highest BCUT2D eigenvalue weighted by molar-refractivity contribution is 5.98. The summed E-state index contributed by atoms with van der Waals surface area (Å²) in [5, 5.41) is 1.13. The van der Waals surface area contributed by atoms with E-state index in [0.717, 1.165) is 81.9 Å². The van der Waals surface area contributed by atoms with E-state index in [1.165, 1.54) is 0 Å². The third kappa shape index (κ3) is 4.03. The van der Waals surface area contributed by atoms with Crippen molar-refractivity contribution in [2.24, 2.45) is 5.41 Å². The number of ether oxygens (including phenoxy) is 2. The molecule has 1 aromatic carbocycles. The van der Waals surface area contributed by atoms with Crippen molar-refractivity contribution in [3.63, 3.8) is 0 Å². The Bertz CT molecular complexity index is 790. The first-order valence-corrected chi connectivity index (χ1v) is 9.85. The zero-order chi connectivity index (χ0) is 18.7. The number of aromatic nitrogens is 1. The van der Waals surface area contributed by atoms with Crippen molar-refractivity contribution < 1.29 is 14.3 Å². The first-order chi connectivity index (χ1) is 13.2. The molecule has 2 aliphatic rings. The van der Waals surface area contributed by atoms with Crippen LogP contribution in [0, 0.1) is 5.41 Å². The molecule has 1 aromatic heterocycles. The van der Waals surface area contributed by atoms with Crippen LogP contribution in [0.15, 0.2) is 30.5 Å². The van der Waals surface area contributed by atoms with Crippen molar-refractivity contribution in [2.75, 3.05) is 59.7 Å². The summed E-state index contributed by atoms with van der Waals surface area (Å²) < 4.78 is 11.2. The van der Waals surface area contributed by atoms with Gasteiger partial charge < -0.3 is 19.4 Å². The maximum atomic E-state index is 13.2. The number of aromatic amines is 1. The number of benzene rings is 1. The van der Waals surface area contributed by atoms with E-state index in [-0.39, 0.29) is 11.3 Å². The third-order valence-corrected chi connectivity index (χ3v) is 5.88. The lowest BCUT2D eigenvalue weighted by atomic mass is 9.80. The number of piperidine rings is 1. The molecule has 2 aliphatic heterocycles. The first-order valence-electron chi connectivity index (χ1n) is 9.85.